The molecule has 0 aliphatic heterocycles. The van der Waals surface area contributed by atoms with E-state index in [0.717, 1.165) is 24.3 Å². The molecular weight excluding hydrogens is 286 g/mol. The lowest BCUT2D eigenvalue weighted by Gasteiger charge is -2.07. The minimum Gasteiger partial charge on any atom is -0.497 e. The van der Waals surface area contributed by atoms with Crippen molar-refractivity contribution in [3.8, 4) is 5.75 Å². The zero-order valence-electron chi connectivity index (χ0n) is 12.8. The number of hydrazone groups is 1. The van der Waals surface area contributed by atoms with Gasteiger partial charge in [0.25, 0.3) is 0 Å². The molecule has 0 unspecified atom stereocenters. The van der Waals surface area contributed by atoms with Crippen LogP contribution in [0.4, 0.5) is 0 Å². The van der Waals surface area contributed by atoms with Gasteiger partial charge in [-0.25, -0.2) is 0 Å². The van der Waals surface area contributed by atoms with E-state index in [2.05, 4.69) is 28.0 Å². The monoisotopic (exact) mass is 309 g/mol. The second-order valence-corrected chi connectivity index (χ2v) is 4.96. The van der Waals surface area contributed by atoms with Gasteiger partial charge in [0.15, 0.2) is 5.11 Å². The van der Waals surface area contributed by atoms with Gasteiger partial charge in [-0.3, -0.25) is 5.43 Å². The Bertz CT molecular complexity index is 460. The zero-order valence-corrected chi connectivity index (χ0v) is 13.6. The maximum absolute atomic E-state index is 5.14. The van der Waals surface area contributed by atoms with Crippen LogP contribution in [-0.2, 0) is 11.2 Å². The highest BCUT2D eigenvalue weighted by Gasteiger charge is 1.98. The third-order valence-corrected chi connectivity index (χ3v) is 3.11. The number of benzene rings is 1. The SMILES string of the molecule is COCCNC(=S)N/N=C(/C)CCc1ccc(OC)cc1. The van der Waals surface area contributed by atoms with Crippen LogP contribution in [0, 0.1) is 0 Å². The molecular formula is C15H23N3O2S. The fourth-order valence-electron chi connectivity index (χ4n) is 1.63. The predicted octanol–water partition coefficient (Wildman–Crippen LogP) is 2.11. The molecule has 21 heavy (non-hydrogen) atoms. The number of thiocarbonyl (C=S) groups is 1. The number of hydrogen-bond donors (Lipinski definition) is 2. The van der Waals surface area contributed by atoms with Crippen LogP contribution in [0.15, 0.2) is 29.4 Å². The Balaban J connectivity index is 2.29. The average Bonchev–Trinajstić information content (AvgIpc) is 2.51. The van der Waals surface area contributed by atoms with E-state index in [4.69, 9.17) is 21.7 Å². The van der Waals surface area contributed by atoms with E-state index in [1.807, 2.05) is 19.1 Å². The Hall–Kier alpha value is -1.66. The molecule has 2 N–H and O–H groups in total. The molecule has 0 aromatic heterocycles. The molecule has 6 heteroatoms. The van der Waals surface area contributed by atoms with E-state index < -0.39 is 0 Å². The quantitative estimate of drug-likeness (QED) is 0.333. The van der Waals surface area contributed by atoms with Crippen molar-refractivity contribution in [1.82, 2.24) is 10.7 Å². The van der Waals surface area contributed by atoms with E-state index in [0.29, 0.717) is 18.3 Å². The van der Waals surface area contributed by atoms with Gasteiger partial charge in [0.05, 0.1) is 13.7 Å². The minimum absolute atomic E-state index is 0.510. The summed E-state index contributed by atoms with van der Waals surface area (Å²) in [6.45, 7) is 3.26. The van der Waals surface area contributed by atoms with E-state index in [1.54, 1.807) is 14.2 Å². The molecule has 0 spiro atoms. The minimum atomic E-state index is 0.510. The molecule has 0 aliphatic rings. The summed E-state index contributed by atoms with van der Waals surface area (Å²) in [4.78, 5) is 0. The molecule has 116 valence electrons. The number of rotatable bonds is 8. The van der Waals surface area contributed by atoms with Crippen molar-refractivity contribution in [1.29, 1.82) is 0 Å². The summed E-state index contributed by atoms with van der Waals surface area (Å²) in [7, 11) is 3.32. The van der Waals surface area contributed by atoms with Crippen LogP contribution in [0.25, 0.3) is 0 Å². The molecule has 0 bridgehead atoms. The molecule has 0 saturated carbocycles. The Labute approximate surface area is 131 Å². The fraction of sp³-hybridized carbons (Fsp3) is 0.467. The van der Waals surface area contributed by atoms with Gasteiger partial charge < -0.3 is 14.8 Å². The summed E-state index contributed by atoms with van der Waals surface area (Å²) in [5.41, 5.74) is 5.09. The molecule has 0 saturated heterocycles. The van der Waals surface area contributed by atoms with Crippen LogP contribution in [0.5, 0.6) is 5.75 Å². The zero-order chi connectivity index (χ0) is 15.5. The standard InChI is InChI=1S/C15H23N3O2S/c1-12(17-18-15(21)16-10-11-19-2)4-5-13-6-8-14(20-3)9-7-13/h6-9H,4-5,10-11H2,1-3H3,(H2,16,18,21)/b17-12-. The number of nitrogens with one attached hydrogen (secondary N) is 2. The maximum Gasteiger partial charge on any atom is 0.187 e. The lowest BCUT2D eigenvalue weighted by atomic mass is 10.1. The highest BCUT2D eigenvalue weighted by molar-refractivity contribution is 7.80. The van der Waals surface area contributed by atoms with Crippen molar-refractivity contribution < 1.29 is 9.47 Å². The first-order chi connectivity index (χ1) is 10.2. The van der Waals surface area contributed by atoms with Crippen molar-refractivity contribution in [3.05, 3.63) is 29.8 Å². The van der Waals surface area contributed by atoms with Gasteiger partial charge in [-0.1, -0.05) is 12.1 Å². The molecule has 0 aliphatic carbocycles. The third kappa shape index (κ3) is 7.63. The summed E-state index contributed by atoms with van der Waals surface area (Å²) in [6.07, 6.45) is 1.81. The molecule has 0 amide bonds. The molecule has 1 rings (SSSR count). The first-order valence-corrected chi connectivity index (χ1v) is 7.25. The van der Waals surface area contributed by atoms with Crippen LogP contribution < -0.4 is 15.5 Å². The molecule has 0 radical (unpaired) electrons. The summed E-state index contributed by atoms with van der Waals surface area (Å²) in [5.74, 6) is 0.873. The van der Waals surface area contributed by atoms with Crippen LogP contribution >= 0.6 is 12.2 Å². The molecule has 1 aromatic carbocycles. The summed E-state index contributed by atoms with van der Waals surface area (Å²) >= 11 is 5.09. The average molecular weight is 309 g/mol. The van der Waals surface area contributed by atoms with Gasteiger partial charge in [0.2, 0.25) is 0 Å². The number of hydrogen-bond acceptors (Lipinski definition) is 4. The predicted molar refractivity (Wildman–Crippen MR) is 90.0 cm³/mol. The fourth-order valence-corrected chi connectivity index (χ4v) is 1.77. The number of nitrogens with zero attached hydrogens (tertiary/aromatic N) is 1. The molecule has 0 heterocycles. The molecule has 1 aromatic rings. The van der Waals surface area contributed by atoms with Crippen molar-refractivity contribution in [3.63, 3.8) is 0 Å². The van der Waals surface area contributed by atoms with Crippen LogP contribution in [0.1, 0.15) is 18.9 Å². The van der Waals surface area contributed by atoms with Gasteiger partial charge in [-0.15, -0.1) is 0 Å². The van der Waals surface area contributed by atoms with E-state index in [9.17, 15) is 0 Å². The first-order valence-electron chi connectivity index (χ1n) is 6.84. The van der Waals surface area contributed by atoms with Crippen LogP contribution in [0.3, 0.4) is 0 Å². The largest absolute Gasteiger partial charge is 0.497 e. The Morgan fingerprint density at radius 3 is 2.57 bits per heavy atom. The van der Waals surface area contributed by atoms with Crippen molar-refractivity contribution in [2.24, 2.45) is 5.10 Å². The summed E-state index contributed by atoms with van der Waals surface area (Å²) < 4.78 is 10.1. The molecule has 0 atom stereocenters. The Morgan fingerprint density at radius 2 is 1.95 bits per heavy atom. The van der Waals surface area contributed by atoms with E-state index in [-0.39, 0.29) is 0 Å². The Kier molecular flexibility index (Phi) is 8.38. The van der Waals surface area contributed by atoms with Crippen molar-refractivity contribution >= 4 is 23.0 Å². The Morgan fingerprint density at radius 1 is 1.24 bits per heavy atom. The summed E-state index contributed by atoms with van der Waals surface area (Å²) in [6, 6.07) is 8.07. The number of ether oxygens (including phenoxy) is 2. The molecule has 5 nitrogen and oxygen atoms in total. The highest BCUT2D eigenvalue weighted by Crippen LogP contribution is 2.12. The van der Waals surface area contributed by atoms with Gasteiger partial charge in [-0.2, -0.15) is 5.10 Å². The lowest BCUT2D eigenvalue weighted by Crippen LogP contribution is -2.34. The van der Waals surface area contributed by atoms with Gasteiger partial charge in [0.1, 0.15) is 5.75 Å². The van der Waals surface area contributed by atoms with Crippen LogP contribution in [-0.4, -0.2) is 38.2 Å². The number of aryl methyl sites for hydroxylation is 1. The third-order valence-electron chi connectivity index (χ3n) is 2.87. The second kappa shape index (κ2) is 10.1. The van der Waals surface area contributed by atoms with E-state index in [1.165, 1.54) is 5.56 Å². The summed E-state index contributed by atoms with van der Waals surface area (Å²) in [5, 5.41) is 7.76. The highest BCUT2D eigenvalue weighted by atomic mass is 32.1. The van der Waals surface area contributed by atoms with Crippen molar-refractivity contribution in [2.75, 3.05) is 27.4 Å². The smallest absolute Gasteiger partial charge is 0.187 e. The van der Waals surface area contributed by atoms with Gasteiger partial charge >= 0.3 is 0 Å². The number of methoxy groups -OCH3 is 2. The van der Waals surface area contributed by atoms with E-state index >= 15 is 0 Å². The second-order valence-electron chi connectivity index (χ2n) is 4.56. The normalized spacial score (nSPS) is 11.1. The maximum atomic E-state index is 5.14. The van der Waals surface area contributed by atoms with Gasteiger partial charge in [0, 0.05) is 19.4 Å². The topological polar surface area (TPSA) is 54.9 Å². The molecule has 0 fully saturated rings. The van der Waals surface area contributed by atoms with Crippen LogP contribution in [0.2, 0.25) is 0 Å². The first kappa shape index (κ1) is 17.4. The van der Waals surface area contributed by atoms with Crippen molar-refractivity contribution in [2.45, 2.75) is 19.8 Å². The van der Waals surface area contributed by atoms with Gasteiger partial charge in [-0.05, 0) is 49.7 Å². The lowest BCUT2D eigenvalue weighted by molar-refractivity contribution is 0.204.